The molecule has 8 heavy (non-hydrogen) atoms. The zero-order valence-corrected chi connectivity index (χ0v) is 4.46. The van der Waals surface area contributed by atoms with E-state index in [0.29, 0.717) is 0 Å². The van der Waals surface area contributed by atoms with Crippen LogP contribution in [-0.2, 0) is 0 Å². The molecule has 0 atom stereocenters. The van der Waals surface area contributed by atoms with E-state index < -0.39 is 0 Å². The third-order valence-electron chi connectivity index (χ3n) is 0.936. The summed E-state index contributed by atoms with van der Waals surface area (Å²) in [5, 5.41) is 0. The molecular weight excluding hydrogens is 98.1 g/mol. The van der Waals surface area contributed by atoms with Gasteiger partial charge in [-0.25, -0.2) is 0 Å². The van der Waals surface area contributed by atoms with Crippen molar-refractivity contribution < 1.29 is 0 Å². The SMILES string of the molecule is [CH]c1ccc(N)cc1. The highest BCUT2D eigenvalue weighted by molar-refractivity contribution is 5.39. The highest BCUT2D eigenvalue weighted by Gasteiger charge is 1.80. The molecule has 0 aliphatic rings. The van der Waals surface area contributed by atoms with Crippen LogP contribution in [0.1, 0.15) is 5.56 Å². The minimum absolute atomic E-state index is 0.749. The fourth-order valence-corrected chi connectivity index (χ4v) is 0.496. The summed E-state index contributed by atoms with van der Waals surface area (Å²) >= 11 is 0. The molecule has 1 aromatic rings. The Morgan fingerprint density at radius 1 is 1.12 bits per heavy atom. The van der Waals surface area contributed by atoms with Crippen molar-refractivity contribution in [1.29, 1.82) is 0 Å². The maximum Gasteiger partial charge on any atom is 0.0314 e. The molecule has 0 fully saturated rings. The molecule has 0 aromatic heterocycles. The van der Waals surface area contributed by atoms with Crippen molar-refractivity contribution in [1.82, 2.24) is 0 Å². The first-order valence-corrected chi connectivity index (χ1v) is 2.40. The fourth-order valence-electron chi connectivity index (χ4n) is 0.496. The van der Waals surface area contributed by atoms with Crippen molar-refractivity contribution in [3.63, 3.8) is 0 Å². The maximum absolute atomic E-state index is 5.37. The van der Waals surface area contributed by atoms with Crippen molar-refractivity contribution in [2.45, 2.75) is 0 Å². The van der Waals surface area contributed by atoms with Crippen molar-refractivity contribution >= 4 is 5.69 Å². The van der Waals surface area contributed by atoms with Gasteiger partial charge in [-0.15, -0.1) is 0 Å². The smallest absolute Gasteiger partial charge is 0.0314 e. The van der Waals surface area contributed by atoms with Crippen molar-refractivity contribution in [3.8, 4) is 0 Å². The van der Waals surface area contributed by atoms with Gasteiger partial charge in [0, 0.05) is 5.69 Å². The van der Waals surface area contributed by atoms with Gasteiger partial charge >= 0.3 is 0 Å². The molecule has 0 saturated heterocycles. The minimum Gasteiger partial charge on any atom is -0.399 e. The third-order valence-corrected chi connectivity index (χ3v) is 0.936. The summed E-state index contributed by atoms with van der Waals surface area (Å²) in [7, 11) is 0. The predicted octanol–water partition coefficient (Wildman–Crippen LogP) is 1.33. The highest BCUT2D eigenvalue weighted by atomic mass is 14.5. The monoisotopic (exact) mass is 105 g/mol. The lowest BCUT2D eigenvalue weighted by molar-refractivity contribution is 1.61. The van der Waals surface area contributed by atoms with Gasteiger partial charge in [0.05, 0.1) is 0 Å². The van der Waals surface area contributed by atoms with Gasteiger partial charge in [0.1, 0.15) is 0 Å². The molecule has 0 unspecified atom stereocenters. The van der Waals surface area contributed by atoms with Gasteiger partial charge in [0.2, 0.25) is 0 Å². The van der Waals surface area contributed by atoms with Crippen LogP contribution in [0.2, 0.25) is 0 Å². The van der Waals surface area contributed by atoms with Crippen LogP contribution < -0.4 is 5.73 Å². The van der Waals surface area contributed by atoms with Crippen LogP contribution in [0.4, 0.5) is 5.69 Å². The lowest BCUT2D eigenvalue weighted by atomic mass is 10.2. The van der Waals surface area contributed by atoms with E-state index >= 15 is 0 Å². The van der Waals surface area contributed by atoms with Crippen molar-refractivity contribution in [2.24, 2.45) is 0 Å². The average molecular weight is 105 g/mol. The minimum atomic E-state index is 0.749. The van der Waals surface area contributed by atoms with Gasteiger partial charge < -0.3 is 5.73 Å². The van der Waals surface area contributed by atoms with E-state index in [2.05, 4.69) is 0 Å². The number of nitrogen functional groups attached to an aromatic ring is 1. The predicted molar refractivity (Wildman–Crippen MR) is 34.3 cm³/mol. The summed E-state index contributed by atoms with van der Waals surface area (Å²) in [5.41, 5.74) is 6.87. The largest absolute Gasteiger partial charge is 0.399 e. The first-order chi connectivity index (χ1) is 3.79. The van der Waals surface area contributed by atoms with Crippen LogP contribution in [0.15, 0.2) is 24.3 Å². The molecule has 1 heteroatoms. The van der Waals surface area contributed by atoms with E-state index in [4.69, 9.17) is 12.7 Å². The summed E-state index contributed by atoms with van der Waals surface area (Å²) in [6, 6.07) is 7.09. The molecule has 0 aliphatic carbocycles. The summed E-state index contributed by atoms with van der Waals surface area (Å²) < 4.78 is 0. The van der Waals surface area contributed by atoms with Crippen molar-refractivity contribution in [3.05, 3.63) is 36.8 Å². The Kier molecular flexibility index (Phi) is 1.20. The molecule has 1 nitrogen and oxygen atoms in total. The second-order valence-corrected chi connectivity index (χ2v) is 1.67. The summed E-state index contributed by atoms with van der Waals surface area (Å²) in [6.07, 6.45) is 0. The lowest BCUT2D eigenvalue weighted by Gasteiger charge is -1.90. The first kappa shape index (κ1) is 5.16. The van der Waals surface area contributed by atoms with E-state index in [1.165, 1.54) is 0 Å². The molecule has 40 valence electrons. The van der Waals surface area contributed by atoms with Gasteiger partial charge in [-0.05, 0) is 24.6 Å². The Bertz CT molecular complexity index is 143. The molecule has 2 radical (unpaired) electrons. The van der Waals surface area contributed by atoms with Gasteiger partial charge in [-0.2, -0.15) is 0 Å². The van der Waals surface area contributed by atoms with E-state index in [9.17, 15) is 0 Å². The third kappa shape index (κ3) is 0.997. The maximum atomic E-state index is 5.37. The molecule has 0 spiro atoms. The topological polar surface area (TPSA) is 26.0 Å². The van der Waals surface area contributed by atoms with Gasteiger partial charge in [0.25, 0.3) is 0 Å². The average Bonchev–Trinajstić information content (AvgIpc) is 1.77. The fraction of sp³-hybridized carbons (Fsp3) is 0. The molecule has 0 saturated carbocycles. The Hall–Kier alpha value is -0.980. The zero-order chi connectivity index (χ0) is 5.98. The standard InChI is InChI=1S/C7H7N/c1-6-2-4-7(8)5-3-6/h1-5H,8H2. The van der Waals surface area contributed by atoms with Crippen LogP contribution in [0, 0.1) is 6.92 Å². The molecule has 0 amide bonds. The van der Waals surface area contributed by atoms with Gasteiger partial charge in [-0.1, -0.05) is 12.1 Å². The molecule has 1 rings (SSSR count). The van der Waals surface area contributed by atoms with Gasteiger partial charge in [0.15, 0.2) is 0 Å². The van der Waals surface area contributed by atoms with E-state index in [-0.39, 0.29) is 0 Å². The Morgan fingerprint density at radius 2 is 1.62 bits per heavy atom. The van der Waals surface area contributed by atoms with E-state index in [1.54, 1.807) is 24.3 Å². The number of benzene rings is 1. The van der Waals surface area contributed by atoms with E-state index in [0.717, 1.165) is 11.3 Å². The zero-order valence-electron chi connectivity index (χ0n) is 4.46. The summed E-state index contributed by atoms with van der Waals surface area (Å²) in [5.74, 6) is 0. The normalized spacial score (nSPS) is 9.12. The van der Waals surface area contributed by atoms with Crippen LogP contribution in [0.25, 0.3) is 0 Å². The number of hydrogen-bond acceptors (Lipinski definition) is 1. The Labute approximate surface area is 49.1 Å². The van der Waals surface area contributed by atoms with Crippen molar-refractivity contribution in [2.75, 3.05) is 5.73 Å². The Balaban J connectivity index is 3.03. The van der Waals surface area contributed by atoms with Crippen LogP contribution in [-0.4, -0.2) is 0 Å². The molecule has 1 aromatic carbocycles. The first-order valence-electron chi connectivity index (χ1n) is 2.40. The lowest BCUT2D eigenvalue weighted by Crippen LogP contribution is -1.81. The molecule has 0 aliphatic heterocycles. The molecule has 0 heterocycles. The van der Waals surface area contributed by atoms with Crippen LogP contribution >= 0.6 is 0 Å². The molecule has 0 bridgehead atoms. The number of hydrogen-bond donors (Lipinski definition) is 1. The van der Waals surface area contributed by atoms with Crippen LogP contribution in [0.3, 0.4) is 0 Å². The Morgan fingerprint density at radius 3 is 2.00 bits per heavy atom. The van der Waals surface area contributed by atoms with Crippen LogP contribution in [0.5, 0.6) is 0 Å². The number of rotatable bonds is 0. The quantitative estimate of drug-likeness (QED) is 0.495. The second-order valence-electron chi connectivity index (χ2n) is 1.67. The van der Waals surface area contributed by atoms with Gasteiger partial charge in [-0.3, -0.25) is 0 Å². The summed E-state index contributed by atoms with van der Waals surface area (Å²) in [4.78, 5) is 0. The molecular formula is C7H7N. The second kappa shape index (κ2) is 1.86. The summed E-state index contributed by atoms with van der Waals surface area (Å²) in [6.45, 7) is 5.37. The highest BCUT2D eigenvalue weighted by Crippen LogP contribution is 2.02. The van der Waals surface area contributed by atoms with E-state index in [1.807, 2.05) is 0 Å². The number of anilines is 1. The number of nitrogens with two attached hydrogens (primary N) is 1. The molecule has 2 N–H and O–H groups in total.